The van der Waals surface area contributed by atoms with E-state index in [9.17, 15) is 22.8 Å². The highest BCUT2D eigenvalue weighted by molar-refractivity contribution is 5.98. The average molecular weight is 375 g/mol. The molecule has 1 aromatic heterocycles. The monoisotopic (exact) mass is 375 g/mol. The van der Waals surface area contributed by atoms with E-state index in [2.05, 4.69) is 9.97 Å². The lowest BCUT2D eigenvalue weighted by molar-refractivity contribution is -0.123. The first-order chi connectivity index (χ1) is 12.9. The lowest BCUT2D eigenvalue weighted by Gasteiger charge is -2.14. The predicted molar refractivity (Wildman–Crippen MR) is 89.4 cm³/mol. The van der Waals surface area contributed by atoms with E-state index < -0.39 is 41.1 Å². The summed E-state index contributed by atoms with van der Waals surface area (Å²) < 4.78 is 44.8. The van der Waals surface area contributed by atoms with E-state index in [1.165, 1.54) is 31.5 Å². The fourth-order valence-corrected chi connectivity index (χ4v) is 2.23. The van der Waals surface area contributed by atoms with Crippen molar-refractivity contribution >= 4 is 28.6 Å². The van der Waals surface area contributed by atoms with Crippen LogP contribution in [0.1, 0.15) is 17.3 Å². The van der Waals surface area contributed by atoms with Gasteiger partial charge in [-0.3, -0.25) is 14.8 Å². The van der Waals surface area contributed by atoms with Gasteiger partial charge >= 0.3 is 5.97 Å². The Morgan fingerprint density at radius 2 is 1.70 bits per heavy atom. The van der Waals surface area contributed by atoms with Crippen molar-refractivity contribution in [3.63, 3.8) is 0 Å². The zero-order valence-electron chi connectivity index (χ0n) is 13.9. The number of nitrogens with zero attached hydrogens (tertiary/aromatic N) is 2. The summed E-state index contributed by atoms with van der Waals surface area (Å²) in [6.45, 7) is 1.26. The first kappa shape index (κ1) is 18.3. The first-order valence-electron chi connectivity index (χ1n) is 7.73. The van der Waals surface area contributed by atoms with E-state index in [0.29, 0.717) is 17.1 Å². The van der Waals surface area contributed by atoms with Crippen LogP contribution in [0.5, 0.6) is 0 Å². The molecule has 1 heterocycles. The van der Waals surface area contributed by atoms with Crippen molar-refractivity contribution in [3.8, 4) is 0 Å². The number of halogens is 3. The molecule has 0 unspecified atom stereocenters. The molecule has 1 atom stereocenters. The number of benzene rings is 2. The van der Waals surface area contributed by atoms with Crippen molar-refractivity contribution in [3.05, 3.63) is 65.7 Å². The standard InChI is InChI=1S/C18H12F3N3O3/c1-9(17(25)24-13-5-3-11(19)15(20)16(13)21)27-18(26)10-2-4-12-14(8-10)23-7-6-22-12/h2-9H,1H3,(H,24,25)/t9-/m0/s1. The third-order valence-electron chi connectivity index (χ3n) is 3.65. The molecule has 0 saturated carbocycles. The molecule has 0 aliphatic rings. The minimum absolute atomic E-state index is 0.140. The second kappa shape index (κ2) is 7.40. The Kier molecular flexibility index (Phi) is 5.02. The number of anilines is 1. The van der Waals surface area contributed by atoms with Crippen LogP contribution in [0.3, 0.4) is 0 Å². The summed E-state index contributed by atoms with van der Waals surface area (Å²) in [7, 11) is 0. The van der Waals surface area contributed by atoms with Crippen molar-refractivity contribution in [1.29, 1.82) is 0 Å². The predicted octanol–water partition coefficient (Wildman–Crippen LogP) is 3.23. The fraction of sp³-hybridized carbons (Fsp3) is 0.111. The Morgan fingerprint density at radius 3 is 2.44 bits per heavy atom. The average Bonchev–Trinajstić information content (AvgIpc) is 2.67. The van der Waals surface area contributed by atoms with Crippen molar-refractivity contribution < 1.29 is 27.5 Å². The highest BCUT2D eigenvalue weighted by atomic mass is 19.2. The number of esters is 1. The van der Waals surface area contributed by atoms with Gasteiger partial charge in [0.15, 0.2) is 23.6 Å². The van der Waals surface area contributed by atoms with Gasteiger partial charge in [0.1, 0.15) is 0 Å². The van der Waals surface area contributed by atoms with Crippen LogP contribution >= 0.6 is 0 Å². The Hall–Kier alpha value is -3.49. The third kappa shape index (κ3) is 3.86. The molecule has 0 bridgehead atoms. The number of nitrogens with one attached hydrogen (secondary N) is 1. The fourth-order valence-electron chi connectivity index (χ4n) is 2.23. The molecule has 0 radical (unpaired) electrons. The lowest BCUT2D eigenvalue weighted by Crippen LogP contribution is -2.30. The topological polar surface area (TPSA) is 81.2 Å². The second-order valence-corrected chi connectivity index (χ2v) is 5.52. The summed E-state index contributed by atoms with van der Waals surface area (Å²) in [6, 6.07) is 6.01. The number of carbonyl (C=O) groups excluding carboxylic acids is 2. The molecular formula is C18H12F3N3O3. The second-order valence-electron chi connectivity index (χ2n) is 5.52. The van der Waals surface area contributed by atoms with Gasteiger partial charge in [-0.2, -0.15) is 0 Å². The summed E-state index contributed by atoms with van der Waals surface area (Å²) in [4.78, 5) is 32.4. The van der Waals surface area contributed by atoms with Gasteiger partial charge in [-0.1, -0.05) is 0 Å². The van der Waals surface area contributed by atoms with Gasteiger partial charge in [-0.15, -0.1) is 0 Å². The van der Waals surface area contributed by atoms with Crippen LogP contribution < -0.4 is 5.32 Å². The van der Waals surface area contributed by atoms with Gasteiger partial charge in [-0.25, -0.2) is 18.0 Å². The zero-order chi connectivity index (χ0) is 19.6. The van der Waals surface area contributed by atoms with Gasteiger partial charge in [0, 0.05) is 12.4 Å². The molecule has 9 heteroatoms. The molecule has 2 aromatic carbocycles. The maximum atomic E-state index is 13.6. The molecule has 0 saturated heterocycles. The van der Waals surface area contributed by atoms with Crippen molar-refractivity contribution in [2.45, 2.75) is 13.0 Å². The van der Waals surface area contributed by atoms with Crippen LogP contribution in [0.4, 0.5) is 18.9 Å². The number of rotatable bonds is 4. The molecule has 3 rings (SSSR count). The van der Waals surface area contributed by atoms with E-state index in [1.54, 1.807) is 6.07 Å². The molecule has 0 spiro atoms. The van der Waals surface area contributed by atoms with E-state index in [-0.39, 0.29) is 5.56 Å². The van der Waals surface area contributed by atoms with E-state index in [4.69, 9.17) is 4.74 Å². The molecule has 0 aliphatic heterocycles. The van der Waals surface area contributed by atoms with Crippen molar-refractivity contribution in [2.24, 2.45) is 0 Å². The van der Waals surface area contributed by atoms with Gasteiger partial charge in [0.25, 0.3) is 5.91 Å². The molecule has 27 heavy (non-hydrogen) atoms. The summed E-state index contributed by atoms with van der Waals surface area (Å²) in [5, 5.41) is 2.04. The minimum Gasteiger partial charge on any atom is -0.449 e. The van der Waals surface area contributed by atoms with Crippen LogP contribution in [0.15, 0.2) is 42.7 Å². The van der Waals surface area contributed by atoms with E-state index in [1.807, 2.05) is 5.32 Å². The number of ether oxygens (including phenoxy) is 1. The Bertz CT molecular complexity index is 1040. The number of hydrogen-bond acceptors (Lipinski definition) is 5. The molecule has 1 amide bonds. The smallest absolute Gasteiger partial charge is 0.338 e. The SMILES string of the molecule is C[C@H](OC(=O)c1ccc2nccnc2c1)C(=O)Nc1ccc(F)c(F)c1F. The third-order valence-corrected chi connectivity index (χ3v) is 3.65. The zero-order valence-corrected chi connectivity index (χ0v) is 13.9. The van der Waals surface area contributed by atoms with Gasteiger partial charge in [0.05, 0.1) is 22.3 Å². The summed E-state index contributed by atoms with van der Waals surface area (Å²) in [5.74, 6) is -6.36. The lowest BCUT2D eigenvalue weighted by atomic mass is 10.2. The Labute approximate surface area is 151 Å². The van der Waals surface area contributed by atoms with Crippen LogP contribution in [0, 0.1) is 17.5 Å². The maximum Gasteiger partial charge on any atom is 0.338 e. The molecule has 6 nitrogen and oxygen atoms in total. The van der Waals surface area contributed by atoms with Crippen LogP contribution in [0.2, 0.25) is 0 Å². The Balaban J connectivity index is 1.70. The van der Waals surface area contributed by atoms with Crippen LogP contribution in [0.25, 0.3) is 11.0 Å². The molecular weight excluding hydrogens is 363 g/mol. The minimum atomic E-state index is -1.71. The molecule has 138 valence electrons. The molecule has 3 aromatic rings. The molecule has 0 aliphatic carbocycles. The van der Waals surface area contributed by atoms with Gasteiger partial charge in [-0.05, 0) is 37.3 Å². The summed E-state index contributed by atoms with van der Waals surface area (Å²) in [5.41, 5.74) is 0.617. The molecule has 1 N–H and O–H groups in total. The quantitative estimate of drug-likeness (QED) is 0.559. The number of carbonyl (C=O) groups is 2. The number of amides is 1. The highest BCUT2D eigenvalue weighted by Gasteiger charge is 2.22. The Morgan fingerprint density at radius 1 is 1.00 bits per heavy atom. The van der Waals surface area contributed by atoms with E-state index in [0.717, 1.165) is 6.07 Å². The number of fused-ring (bicyclic) bond motifs is 1. The van der Waals surface area contributed by atoms with Gasteiger partial charge < -0.3 is 10.1 Å². The van der Waals surface area contributed by atoms with Crippen molar-refractivity contribution in [1.82, 2.24) is 9.97 Å². The maximum absolute atomic E-state index is 13.6. The molecule has 0 fully saturated rings. The first-order valence-corrected chi connectivity index (χ1v) is 7.73. The highest BCUT2D eigenvalue weighted by Crippen LogP contribution is 2.20. The number of hydrogen-bond donors (Lipinski definition) is 1. The van der Waals surface area contributed by atoms with Crippen LogP contribution in [-0.4, -0.2) is 27.9 Å². The van der Waals surface area contributed by atoms with E-state index >= 15 is 0 Å². The largest absolute Gasteiger partial charge is 0.449 e. The van der Waals surface area contributed by atoms with Gasteiger partial charge in [0.2, 0.25) is 0 Å². The normalized spacial score (nSPS) is 11.9. The van der Waals surface area contributed by atoms with Crippen molar-refractivity contribution in [2.75, 3.05) is 5.32 Å². The summed E-state index contributed by atoms with van der Waals surface area (Å²) >= 11 is 0. The number of aromatic nitrogens is 2. The van der Waals surface area contributed by atoms with Crippen LogP contribution in [-0.2, 0) is 9.53 Å². The summed E-state index contributed by atoms with van der Waals surface area (Å²) in [6.07, 6.45) is 1.65.